The molecule has 2 heterocycles. The van der Waals surface area contributed by atoms with Gasteiger partial charge in [-0.05, 0) is 18.8 Å². The highest BCUT2D eigenvalue weighted by Crippen LogP contribution is 2.15. The summed E-state index contributed by atoms with van der Waals surface area (Å²) in [6, 6.07) is -3.87. The molecule has 4 amide bonds. The summed E-state index contributed by atoms with van der Waals surface area (Å²) in [5.74, 6) is -3.58. The van der Waals surface area contributed by atoms with Crippen LogP contribution < -0.4 is 27.8 Å². The van der Waals surface area contributed by atoms with Crippen molar-refractivity contribution < 1.29 is 29.1 Å². The fourth-order valence-corrected chi connectivity index (χ4v) is 3.85. The number of carbonyl (C=O) groups is 5. The van der Waals surface area contributed by atoms with Crippen LogP contribution in [0, 0.1) is 5.92 Å². The van der Waals surface area contributed by atoms with Gasteiger partial charge in [0.15, 0.2) is 5.96 Å². The van der Waals surface area contributed by atoms with Crippen molar-refractivity contribution >= 4 is 35.6 Å². The predicted molar refractivity (Wildman–Crippen MR) is 135 cm³/mol. The Morgan fingerprint density at radius 1 is 1.03 bits per heavy atom. The maximum atomic E-state index is 12.8. The molecular formula is C23H36N8O6. The molecule has 0 spiro atoms. The molecule has 9 N–H and O–H groups in total. The summed E-state index contributed by atoms with van der Waals surface area (Å²) in [6.45, 7) is 3.77. The Hall–Kier alpha value is -3.94. The zero-order valence-corrected chi connectivity index (χ0v) is 21.0. The average molecular weight is 521 g/mol. The summed E-state index contributed by atoms with van der Waals surface area (Å²) in [5.41, 5.74) is 16.4. The SMILES string of the molecule is CC(C)[C@H](N)C(=O)N1CC=C[C@H]1C(=O)NCC(=O)N1CC=C[C@H]1C(=O)N[C@@H](CCCN=C(N)N)C(=O)O. The van der Waals surface area contributed by atoms with Crippen LogP contribution in [0.3, 0.4) is 0 Å². The van der Waals surface area contributed by atoms with Crippen LogP contribution in [0.15, 0.2) is 29.3 Å². The lowest BCUT2D eigenvalue weighted by atomic mass is 10.0. The molecule has 0 aromatic rings. The van der Waals surface area contributed by atoms with E-state index in [0.717, 1.165) is 0 Å². The van der Waals surface area contributed by atoms with Gasteiger partial charge < -0.3 is 42.7 Å². The highest BCUT2D eigenvalue weighted by atomic mass is 16.4. The van der Waals surface area contributed by atoms with Crippen LogP contribution in [-0.2, 0) is 24.0 Å². The molecule has 2 rings (SSSR count). The molecule has 0 aromatic carbocycles. The van der Waals surface area contributed by atoms with Crippen LogP contribution in [0.5, 0.6) is 0 Å². The summed E-state index contributed by atoms with van der Waals surface area (Å²) in [6.07, 6.45) is 6.74. The van der Waals surface area contributed by atoms with Gasteiger partial charge in [0, 0.05) is 19.6 Å². The Bertz CT molecular complexity index is 974. The number of nitrogens with one attached hydrogen (secondary N) is 2. The van der Waals surface area contributed by atoms with E-state index in [1.54, 1.807) is 18.2 Å². The van der Waals surface area contributed by atoms with Gasteiger partial charge in [0.1, 0.15) is 18.1 Å². The first-order valence-electron chi connectivity index (χ1n) is 12.0. The highest BCUT2D eigenvalue weighted by molar-refractivity contribution is 5.96. The summed E-state index contributed by atoms with van der Waals surface area (Å²) in [4.78, 5) is 68.8. The number of rotatable bonds is 12. The minimum atomic E-state index is -1.23. The molecular weight excluding hydrogens is 484 g/mol. The van der Waals surface area contributed by atoms with Crippen molar-refractivity contribution in [1.82, 2.24) is 20.4 Å². The monoisotopic (exact) mass is 520 g/mol. The molecule has 0 saturated heterocycles. The smallest absolute Gasteiger partial charge is 0.326 e. The minimum absolute atomic E-state index is 0.0862. The number of hydrogen-bond donors (Lipinski definition) is 6. The van der Waals surface area contributed by atoms with E-state index in [-0.39, 0.29) is 43.8 Å². The molecule has 2 aliphatic rings. The summed E-state index contributed by atoms with van der Waals surface area (Å²) < 4.78 is 0. The number of carboxylic acids is 1. The molecule has 204 valence electrons. The second-order valence-electron chi connectivity index (χ2n) is 9.12. The molecule has 37 heavy (non-hydrogen) atoms. The van der Waals surface area contributed by atoms with Gasteiger partial charge in [0.05, 0.1) is 12.6 Å². The van der Waals surface area contributed by atoms with Crippen LogP contribution in [-0.4, -0.2) is 101 Å². The van der Waals surface area contributed by atoms with Crippen molar-refractivity contribution in [2.24, 2.45) is 28.1 Å². The van der Waals surface area contributed by atoms with Crippen LogP contribution in [0.2, 0.25) is 0 Å². The molecule has 0 radical (unpaired) electrons. The molecule has 14 nitrogen and oxygen atoms in total. The number of aliphatic imine (C=N–C) groups is 1. The van der Waals surface area contributed by atoms with Crippen LogP contribution >= 0.6 is 0 Å². The lowest BCUT2D eigenvalue weighted by Crippen LogP contribution is -2.55. The van der Waals surface area contributed by atoms with Crippen molar-refractivity contribution in [2.75, 3.05) is 26.2 Å². The van der Waals surface area contributed by atoms with E-state index in [0.29, 0.717) is 6.42 Å². The van der Waals surface area contributed by atoms with Gasteiger partial charge in [0.25, 0.3) is 0 Å². The Balaban J connectivity index is 1.92. The number of nitrogens with two attached hydrogens (primary N) is 3. The standard InChI is InChI=1S/C23H36N8O6/c1-13(2)18(24)21(35)31-11-5-7-15(31)19(33)28-12-17(32)30-10-4-8-16(30)20(34)29-14(22(36)37)6-3-9-27-23(25)26/h4-5,7-8,13-16,18H,3,6,9-12,24H2,1-2H3,(H,28,33)(H,29,34)(H,36,37)(H4,25,26,27)/t14-,15-,16-,18-/m0/s1. The summed E-state index contributed by atoms with van der Waals surface area (Å²) in [5, 5.41) is 14.4. The number of hydrogen-bond acceptors (Lipinski definition) is 7. The van der Waals surface area contributed by atoms with Gasteiger partial charge in [0.2, 0.25) is 23.6 Å². The van der Waals surface area contributed by atoms with Crippen LogP contribution in [0.25, 0.3) is 0 Å². The normalized spacial score (nSPS) is 20.0. The van der Waals surface area contributed by atoms with Crippen molar-refractivity contribution in [3.63, 3.8) is 0 Å². The largest absolute Gasteiger partial charge is 0.480 e. The zero-order valence-electron chi connectivity index (χ0n) is 21.0. The number of guanidine groups is 1. The van der Waals surface area contributed by atoms with E-state index in [4.69, 9.17) is 17.2 Å². The number of aliphatic carboxylic acids is 1. The quantitative estimate of drug-likeness (QED) is 0.0677. The lowest BCUT2D eigenvalue weighted by molar-refractivity contribution is -0.143. The number of carbonyl (C=O) groups excluding carboxylic acids is 4. The first-order chi connectivity index (χ1) is 17.4. The van der Waals surface area contributed by atoms with Crippen molar-refractivity contribution in [1.29, 1.82) is 0 Å². The molecule has 4 atom stereocenters. The van der Waals surface area contributed by atoms with Gasteiger partial charge in [-0.3, -0.25) is 24.2 Å². The van der Waals surface area contributed by atoms with Crippen molar-refractivity contribution in [3.8, 4) is 0 Å². The minimum Gasteiger partial charge on any atom is -0.480 e. The van der Waals surface area contributed by atoms with Crippen molar-refractivity contribution in [2.45, 2.75) is 50.9 Å². The van der Waals surface area contributed by atoms with E-state index >= 15 is 0 Å². The molecule has 14 heteroatoms. The fourth-order valence-electron chi connectivity index (χ4n) is 3.85. The first-order valence-corrected chi connectivity index (χ1v) is 12.0. The second-order valence-corrected chi connectivity index (χ2v) is 9.12. The Morgan fingerprint density at radius 3 is 2.19 bits per heavy atom. The van der Waals surface area contributed by atoms with Crippen molar-refractivity contribution in [3.05, 3.63) is 24.3 Å². The predicted octanol–water partition coefficient (Wildman–Crippen LogP) is -2.76. The van der Waals surface area contributed by atoms with Gasteiger partial charge in [-0.2, -0.15) is 0 Å². The van der Waals surface area contributed by atoms with E-state index in [1.807, 2.05) is 13.8 Å². The molecule has 0 aliphatic carbocycles. The maximum Gasteiger partial charge on any atom is 0.326 e. The van der Waals surface area contributed by atoms with Gasteiger partial charge >= 0.3 is 5.97 Å². The van der Waals surface area contributed by atoms with Crippen LogP contribution in [0.4, 0.5) is 0 Å². The van der Waals surface area contributed by atoms with Gasteiger partial charge in [-0.25, -0.2) is 4.79 Å². The highest BCUT2D eigenvalue weighted by Gasteiger charge is 2.36. The third-order valence-electron chi connectivity index (χ3n) is 6.03. The summed E-state index contributed by atoms with van der Waals surface area (Å²) >= 11 is 0. The van der Waals surface area contributed by atoms with E-state index in [2.05, 4.69) is 15.6 Å². The van der Waals surface area contributed by atoms with E-state index in [1.165, 1.54) is 15.9 Å². The van der Waals surface area contributed by atoms with Gasteiger partial charge in [-0.1, -0.05) is 38.2 Å². The fraction of sp³-hybridized carbons (Fsp3) is 0.565. The van der Waals surface area contributed by atoms with Gasteiger partial charge in [-0.15, -0.1) is 0 Å². The third-order valence-corrected chi connectivity index (χ3v) is 6.03. The number of amides is 4. The van der Waals surface area contributed by atoms with Crippen LogP contribution in [0.1, 0.15) is 26.7 Å². The molecule has 0 saturated carbocycles. The Morgan fingerprint density at radius 2 is 1.62 bits per heavy atom. The molecule has 2 aliphatic heterocycles. The zero-order chi connectivity index (χ0) is 27.7. The van der Waals surface area contributed by atoms with E-state index in [9.17, 15) is 29.1 Å². The number of nitrogens with zero attached hydrogens (tertiary/aromatic N) is 3. The third kappa shape index (κ3) is 8.03. The molecule has 0 fully saturated rings. The topological polar surface area (TPSA) is 227 Å². The lowest BCUT2D eigenvalue weighted by Gasteiger charge is -2.28. The van der Waals surface area contributed by atoms with E-state index < -0.39 is 54.4 Å². The average Bonchev–Trinajstić information content (AvgIpc) is 3.53. The first kappa shape index (κ1) is 29.3. The second kappa shape index (κ2) is 13.4. The Labute approximate surface area is 215 Å². The maximum absolute atomic E-state index is 12.8. The molecule has 0 unspecified atom stereocenters. The molecule has 0 aromatic heterocycles. The summed E-state index contributed by atoms with van der Waals surface area (Å²) in [7, 11) is 0. The molecule has 0 bridgehead atoms. The Kier molecular flexibility index (Phi) is 10.6. The number of carboxylic acid groups (broad SMARTS) is 1.